The van der Waals surface area contributed by atoms with Crippen molar-refractivity contribution in [2.24, 2.45) is 0 Å². The van der Waals surface area contributed by atoms with E-state index in [9.17, 15) is 4.79 Å². The lowest BCUT2D eigenvalue weighted by molar-refractivity contribution is -0.136. The van der Waals surface area contributed by atoms with Gasteiger partial charge in [0.25, 0.3) is 0 Å². The topological polar surface area (TPSA) is 61.4 Å². The molecule has 0 aliphatic rings. The molecular weight excluding hydrogens is 260 g/mol. The van der Waals surface area contributed by atoms with E-state index in [-0.39, 0.29) is 11.8 Å². The minimum absolute atomic E-state index is 0.0464. The van der Waals surface area contributed by atoms with Crippen LogP contribution in [0.5, 0.6) is 0 Å². The van der Waals surface area contributed by atoms with Crippen LogP contribution in [0, 0.1) is 0 Å². The molecule has 4 nitrogen and oxygen atoms in total. The fourth-order valence-corrected chi connectivity index (χ4v) is 1.73. The van der Waals surface area contributed by atoms with E-state index < -0.39 is 5.97 Å². The number of aliphatic carboxylic acids is 1. The fourth-order valence-electron chi connectivity index (χ4n) is 1.51. The Morgan fingerprint density at radius 2 is 1.84 bits per heavy atom. The van der Waals surface area contributed by atoms with Crippen LogP contribution in [0.2, 0.25) is 0 Å². The van der Waals surface area contributed by atoms with Crippen molar-refractivity contribution in [1.29, 1.82) is 0 Å². The second-order valence-electron chi connectivity index (χ2n) is 5.35. The number of benzene rings is 1. The summed E-state index contributed by atoms with van der Waals surface area (Å²) in [4.78, 5) is 10.4. The number of rotatable bonds is 4. The molecule has 1 aromatic carbocycles. The van der Waals surface area contributed by atoms with Gasteiger partial charge in [-0.15, -0.1) is 0 Å². The average molecular weight is 280 g/mol. The molecule has 0 radical (unpaired) electrons. The molecule has 0 aliphatic carbocycles. The van der Waals surface area contributed by atoms with Crippen molar-refractivity contribution in [2.45, 2.75) is 32.6 Å². The average Bonchev–Trinajstić information content (AvgIpc) is 2.27. The largest absolute Gasteiger partial charge is 0.481 e. The molecule has 0 saturated carbocycles. The van der Waals surface area contributed by atoms with Gasteiger partial charge >= 0.3 is 5.97 Å². The molecule has 0 fully saturated rings. The molecule has 3 N–H and O–H groups in total. The summed E-state index contributed by atoms with van der Waals surface area (Å²) in [6.07, 6.45) is 0.0464. The summed E-state index contributed by atoms with van der Waals surface area (Å²) in [6.45, 7) is 6.80. The SMILES string of the molecule is CC(C)(C)c1ccc(NC(=S)NCCC(=O)O)cc1. The molecule has 104 valence electrons. The molecule has 5 heteroatoms. The lowest BCUT2D eigenvalue weighted by Gasteiger charge is -2.19. The van der Waals surface area contributed by atoms with E-state index in [2.05, 4.69) is 43.5 Å². The van der Waals surface area contributed by atoms with Crippen LogP contribution in [0.15, 0.2) is 24.3 Å². The smallest absolute Gasteiger partial charge is 0.305 e. The van der Waals surface area contributed by atoms with Crippen LogP contribution in [-0.4, -0.2) is 22.7 Å². The highest BCUT2D eigenvalue weighted by molar-refractivity contribution is 7.80. The second kappa shape index (κ2) is 6.52. The standard InChI is InChI=1S/C14H20N2O2S/c1-14(2,3)10-4-6-11(7-5-10)16-13(19)15-9-8-12(17)18/h4-7H,8-9H2,1-3H3,(H,17,18)(H2,15,16,19). The van der Waals surface area contributed by atoms with Crippen LogP contribution >= 0.6 is 12.2 Å². The number of hydrogen-bond donors (Lipinski definition) is 3. The van der Waals surface area contributed by atoms with Crippen LogP contribution in [-0.2, 0) is 10.2 Å². The highest BCUT2D eigenvalue weighted by atomic mass is 32.1. The number of carboxylic acid groups (broad SMARTS) is 1. The third-order valence-corrected chi connectivity index (χ3v) is 2.88. The highest BCUT2D eigenvalue weighted by Crippen LogP contribution is 2.23. The van der Waals surface area contributed by atoms with Gasteiger partial charge in [0.15, 0.2) is 5.11 Å². The molecule has 0 aliphatic heterocycles. The Labute approximate surface area is 119 Å². The minimum Gasteiger partial charge on any atom is -0.481 e. The van der Waals surface area contributed by atoms with Crippen LogP contribution in [0.25, 0.3) is 0 Å². The molecule has 1 rings (SSSR count). The first kappa shape index (κ1) is 15.4. The Kier molecular flexibility index (Phi) is 5.30. The van der Waals surface area contributed by atoms with Crippen LogP contribution in [0.3, 0.4) is 0 Å². The molecule has 0 atom stereocenters. The van der Waals surface area contributed by atoms with E-state index >= 15 is 0 Å². The Bertz CT molecular complexity index is 450. The maximum atomic E-state index is 10.4. The number of hydrogen-bond acceptors (Lipinski definition) is 2. The first-order chi connectivity index (χ1) is 8.79. The highest BCUT2D eigenvalue weighted by Gasteiger charge is 2.12. The Hall–Kier alpha value is -1.62. The second-order valence-corrected chi connectivity index (χ2v) is 5.76. The zero-order chi connectivity index (χ0) is 14.5. The quantitative estimate of drug-likeness (QED) is 0.740. The van der Waals surface area contributed by atoms with Crippen LogP contribution in [0.4, 0.5) is 5.69 Å². The van der Waals surface area contributed by atoms with Gasteiger partial charge < -0.3 is 15.7 Å². The summed E-state index contributed by atoms with van der Waals surface area (Å²) < 4.78 is 0. The fraction of sp³-hybridized carbons (Fsp3) is 0.429. The first-order valence-corrected chi connectivity index (χ1v) is 6.57. The van der Waals surface area contributed by atoms with E-state index in [0.29, 0.717) is 11.7 Å². The van der Waals surface area contributed by atoms with Crippen molar-refractivity contribution in [3.05, 3.63) is 29.8 Å². The molecule has 19 heavy (non-hydrogen) atoms. The summed E-state index contributed by atoms with van der Waals surface area (Å²) in [5.74, 6) is -0.843. The zero-order valence-electron chi connectivity index (χ0n) is 11.5. The van der Waals surface area contributed by atoms with Gasteiger partial charge in [-0.25, -0.2) is 0 Å². The van der Waals surface area contributed by atoms with E-state index in [1.807, 2.05) is 12.1 Å². The third-order valence-electron chi connectivity index (χ3n) is 2.63. The Morgan fingerprint density at radius 1 is 1.26 bits per heavy atom. The van der Waals surface area contributed by atoms with Crippen molar-refractivity contribution in [3.8, 4) is 0 Å². The summed E-state index contributed by atoms with van der Waals surface area (Å²) in [6, 6.07) is 8.04. The molecule has 0 aromatic heterocycles. The summed E-state index contributed by atoms with van der Waals surface area (Å²) >= 11 is 5.08. The summed E-state index contributed by atoms with van der Waals surface area (Å²) in [5.41, 5.74) is 2.27. The van der Waals surface area contributed by atoms with E-state index in [1.54, 1.807) is 0 Å². The third kappa shape index (κ3) is 5.70. The number of anilines is 1. The lowest BCUT2D eigenvalue weighted by Crippen LogP contribution is -2.30. The van der Waals surface area contributed by atoms with E-state index in [0.717, 1.165) is 5.69 Å². The van der Waals surface area contributed by atoms with E-state index in [1.165, 1.54) is 5.56 Å². The molecule has 1 aromatic rings. The van der Waals surface area contributed by atoms with Gasteiger partial charge in [0, 0.05) is 12.2 Å². The van der Waals surface area contributed by atoms with Crippen molar-refractivity contribution >= 4 is 29.0 Å². The van der Waals surface area contributed by atoms with E-state index in [4.69, 9.17) is 17.3 Å². The predicted molar refractivity (Wildman–Crippen MR) is 81.6 cm³/mol. The zero-order valence-corrected chi connectivity index (χ0v) is 12.3. The number of carboxylic acids is 1. The minimum atomic E-state index is -0.843. The summed E-state index contributed by atoms with van der Waals surface area (Å²) in [7, 11) is 0. The molecule has 0 amide bonds. The van der Waals surface area contributed by atoms with Gasteiger partial charge in [-0.1, -0.05) is 32.9 Å². The van der Waals surface area contributed by atoms with Crippen molar-refractivity contribution in [2.75, 3.05) is 11.9 Å². The van der Waals surface area contributed by atoms with Crippen molar-refractivity contribution in [1.82, 2.24) is 5.32 Å². The van der Waals surface area contributed by atoms with Crippen molar-refractivity contribution < 1.29 is 9.90 Å². The maximum Gasteiger partial charge on any atom is 0.305 e. The van der Waals surface area contributed by atoms with Gasteiger partial charge in [-0.05, 0) is 35.3 Å². The predicted octanol–water partition coefficient (Wildman–Crippen LogP) is 2.75. The van der Waals surface area contributed by atoms with Gasteiger partial charge in [-0.2, -0.15) is 0 Å². The van der Waals surface area contributed by atoms with Gasteiger partial charge in [0.05, 0.1) is 6.42 Å². The van der Waals surface area contributed by atoms with Crippen LogP contribution in [0.1, 0.15) is 32.8 Å². The van der Waals surface area contributed by atoms with Gasteiger partial charge in [0.1, 0.15) is 0 Å². The number of nitrogens with one attached hydrogen (secondary N) is 2. The summed E-state index contributed by atoms with van der Waals surface area (Å²) in [5, 5.41) is 14.8. The number of carbonyl (C=O) groups is 1. The molecular formula is C14H20N2O2S. The molecule has 0 heterocycles. The molecule has 0 unspecified atom stereocenters. The monoisotopic (exact) mass is 280 g/mol. The number of thiocarbonyl (C=S) groups is 1. The van der Waals surface area contributed by atoms with Crippen LogP contribution < -0.4 is 10.6 Å². The van der Waals surface area contributed by atoms with Gasteiger partial charge in [-0.3, -0.25) is 4.79 Å². The maximum absolute atomic E-state index is 10.4. The molecule has 0 saturated heterocycles. The van der Waals surface area contributed by atoms with Crippen molar-refractivity contribution in [3.63, 3.8) is 0 Å². The normalized spacial score (nSPS) is 10.9. The molecule has 0 spiro atoms. The Morgan fingerprint density at radius 3 is 2.32 bits per heavy atom. The molecule has 0 bridgehead atoms. The van der Waals surface area contributed by atoms with Gasteiger partial charge in [0.2, 0.25) is 0 Å². The Balaban J connectivity index is 2.49. The lowest BCUT2D eigenvalue weighted by atomic mass is 9.87. The first-order valence-electron chi connectivity index (χ1n) is 6.16.